The van der Waals surface area contributed by atoms with E-state index in [9.17, 15) is 4.79 Å². The van der Waals surface area contributed by atoms with Gasteiger partial charge in [0.25, 0.3) is 5.91 Å². The summed E-state index contributed by atoms with van der Waals surface area (Å²) in [6, 6.07) is 24.4. The molecule has 0 atom stereocenters. The third-order valence-corrected chi connectivity index (χ3v) is 5.34. The van der Waals surface area contributed by atoms with Gasteiger partial charge in [-0.2, -0.15) is 0 Å². The Morgan fingerprint density at radius 1 is 1.00 bits per heavy atom. The first-order valence-corrected chi connectivity index (χ1v) is 11.1. The van der Waals surface area contributed by atoms with Crippen LogP contribution in [0.5, 0.6) is 5.75 Å². The normalized spacial score (nSPS) is 10.7. The van der Waals surface area contributed by atoms with Crippen LogP contribution in [0.15, 0.2) is 83.3 Å². The van der Waals surface area contributed by atoms with Crippen LogP contribution in [0.1, 0.15) is 35.2 Å². The number of rotatable bonds is 9. The minimum Gasteiger partial charge on any atom is -0.489 e. The molecular formula is C26H24ClN3O3. The molecule has 4 rings (SSSR count). The lowest BCUT2D eigenvalue weighted by Gasteiger charge is -2.20. The predicted octanol–water partition coefficient (Wildman–Crippen LogP) is 6.02. The maximum atomic E-state index is 13.3. The second-order valence-electron chi connectivity index (χ2n) is 7.51. The summed E-state index contributed by atoms with van der Waals surface area (Å²) in [4.78, 5) is 15.0. The van der Waals surface area contributed by atoms with Gasteiger partial charge in [-0.15, -0.1) is 10.2 Å². The molecule has 0 saturated carbocycles. The van der Waals surface area contributed by atoms with Crippen LogP contribution in [0, 0.1) is 0 Å². The van der Waals surface area contributed by atoms with Gasteiger partial charge in [0.2, 0.25) is 11.8 Å². The minimum atomic E-state index is -0.125. The first-order chi connectivity index (χ1) is 16.1. The van der Waals surface area contributed by atoms with E-state index in [0.29, 0.717) is 46.8 Å². The number of amides is 1. The summed E-state index contributed by atoms with van der Waals surface area (Å²) in [5, 5.41) is 8.75. The van der Waals surface area contributed by atoms with Crippen molar-refractivity contribution in [3.05, 3.63) is 101 Å². The highest BCUT2D eigenvalue weighted by atomic mass is 35.5. The topological polar surface area (TPSA) is 68.5 Å². The van der Waals surface area contributed by atoms with Crippen molar-refractivity contribution in [3.8, 4) is 17.2 Å². The molecule has 4 aromatic rings. The van der Waals surface area contributed by atoms with Crippen LogP contribution in [0.4, 0.5) is 0 Å². The second kappa shape index (κ2) is 10.8. The van der Waals surface area contributed by atoms with Gasteiger partial charge in [-0.25, -0.2) is 0 Å². The minimum absolute atomic E-state index is 0.125. The maximum Gasteiger partial charge on any atom is 0.254 e. The highest BCUT2D eigenvalue weighted by molar-refractivity contribution is 6.33. The molecule has 6 nitrogen and oxygen atoms in total. The Kier molecular flexibility index (Phi) is 7.37. The van der Waals surface area contributed by atoms with E-state index in [0.717, 1.165) is 12.0 Å². The molecule has 7 heteroatoms. The monoisotopic (exact) mass is 461 g/mol. The number of carbonyl (C=O) groups excluding carboxylic acids is 1. The molecule has 0 saturated heterocycles. The summed E-state index contributed by atoms with van der Waals surface area (Å²) in [6.45, 7) is 3.21. The fraction of sp³-hybridized carbons (Fsp3) is 0.192. The van der Waals surface area contributed by atoms with Crippen LogP contribution < -0.4 is 4.74 Å². The lowest BCUT2D eigenvalue weighted by Crippen LogP contribution is -2.31. The van der Waals surface area contributed by atoms with E-state index in [1.165, 1.54) is 0 Å². The maximum absolute atomic E-state index is 13.3. The van der Waals surface area contributed by atoms with Crippen LogP contribution in [0.3, 0.4) is 0 Å². The number of hydrogen-bond donors (Lipinski definition) is 0. The first kappa shape index (κ1) is 22.6. The van der Waals surface area contributed by atoms with Crippen molar-refractivity contribution in [1.29, 1.82) is 0 Å². The number of hydrogen-bond acceptors (Lipinski definition) is 5. The Morgan fingerprint density at radius 2 is 1.79 bits per heavy atom. The molecule has 0 unspecified atom stereocenters. The van der Waals surface area contributed by atoms with Crippen molar-refractivity contribution in [2.45, 2.75) is 26.5 Å². The molecule has 0 aliphatic rings. The Bertz CT molecular complexity index is 1210. The van der Waals surface area contributed by atoms with Gasteiger partial charge in [-0.1, -0.05) is 67.1 Å². The Hall–Kier alpha value is -3.64. The van der Waals surface area contributed by atoms with E-state index in [2.05, 4.69) is 10.2 Å². The van der Waals surface area contributed by atoms with Crippen molar-refractivity contribution >= 4 is 17.5 Å². The van der Waals surface area contributed by atoms with Gasteiger partial charge < -0.3 is 14.1 Å². The molecule has 0 aliphatic carbocycles. The molecular weight excluding hydrogens is 438 g/mol. The molecule has 3 aromatic carbocycles. The zero-order valence-corrected chi connectivity index (χ0v) is 19.0. The summed E-state index contributed by atoms with van der Waals surface area (Å²) in [5.41, 5.74) is 2.27. The van der Waals surface area contributed by atoms with Gasteiger partial charge in [0.05, 0.1) is 17.1 Å². The number of nitrogens with zero attached hydrogens (tertiary/aromatic N) is 3. The number of aromatic nitrogens is 2. The first-order valence-electron chi connectivity index (χ1n) is 10.8. The average Bonchev–Trinajstić information content (AvgIpc) is 3.31. The van der Waals surface area contributed by atoms with Crippen LogP contribution >= 0.6 is 11.6 Å². The highest BCUT2D eigenvalue weighted by Crippen LogP contribution is 2.26. The third-order valence-electron chi connectivity index (χ3n) is 5.01. The van der Waals surface area contributed by atoms with Crippen LogP contribution in [-0.4, -0.2) is 27.5 Å². The standard InChI is InChI=1S/C26H24ClN3O3/c1-2-15-30(17-24-28-29-25(33-24)22-13-6-7-14-23(22)27)26(31)20-11-8-12-21(16-20)32-18-19-9-4-3-5-10-19/h3-14,16H,2,15,17-18H2,1H3. The second-order valence-corrected chi connectivity index (χ2v) is 7.92. The van der Waals surface area contributed by atoms with Crippen molar-refractivity contribution < 1.29 is 13.9 Å². The van der Waals surface area contributed by atoms with E-state index >= 15 is 0 Å². The summed E-state index contributed by atoms with van der Waals surface area (Å²) in [5.74, 6) is 1.19. The SMILES string of the molecule is CCCN(Cc1nnc(-c2ccccc2Cl)o1)C(=O)c1cccc(OCc2ccccc2)c1. The van der Waals surface area contributed by atoms with Crippen LogP contribution in [0.25, 0.3) is 11.5 Å². The molecule has 168 valence electrons. The smallest absolute Gasteiger partial charge is 0.254 e. The van der Waals surface area contributed by atoms with Gasteiger partial charge in [-0.05, 0) is 42.3 Å². The summed E-state index contributed by atoms with van der Waals surface area (Å²) in [7, 11) is 0. The molecule has 0 N–H and O–H groups in total. The zero-order chi connectivity index (χ0) is 23.0. The van der Waals surface area contributed by atoms with Gasteiger partial charge in [-0.3, -0.25) is 4.79 Å². The Balaban J connectivity index is 1.47. The summed E-state index contributed by atoms with van der Waals surface area (Å²) in [6.07, 6.45) is 0.793. The number of carbonyl (C=O) groups is 1. The van der Waals surface area contributed by atoms with Gasteiger partial charge in [0.15, 0.2) is 0 Å². The lowest BCUT2D eigenvalue weighted by atomic mass is 10.1. The fourth-order valence-electron chi connectivity index (χ4n) is 3.39. The molecule has 0 aliphatic heterocycles. The van der Waals surface area contributed by atoms with Crippen molar-refractivity contribution in [3.63, 3.8) is 0 Å². The van der Waals surface area contributed by atoms with E-state index in [1.54, 1.807) is 23.1 Å². The lowest BCUT2D eigenvalue weighted by molar-refractivity contribution is 0.0728. The molecule has 0 fully saturated rings. The van der Waals surface area contributed by atoms with E-state index < -0.39 is 0 Å². The van der Waals surface area contributed by atoms with E-state index in [-0.39, 0.29) is 12.5 Å². The number of benzene rings is 3. The van der Waals surface area contributed by atoms with Crippen LogP contribution in [-0.2, 0) is 13.2 Å². The quantitative estimate of drug-likeness (QED) is 0.305. The van der Waals surface area contributed by atoms with Gasteiger partial charge in [0.1, 0.15) is 12.4 Å². The molecule has 0 radical (unpaired) electrons. The van der Waals surface area contributed by atoms with E-state index in [4.69, 9.17) is 20.8 Å². The van der Waals surface area contributed by atoms with E-state index in [1.807, 2.05) is 67.6 Å². The Morgan fingerprint density at radius 3 is 2.58 bits per heavy atom. The molecule has 1 aromatic heterocycles. The number of halogens is 1. The van der Waals surface area contributed by atoms with Crippen LogP contribution in [0.2, 0.25) is 5.02 Å². The fourth-order valence-corrected chi connectivity index (χ4v) is 3.61. The van der Waals surface area contributed by atoms with Crippen molar-refractivity contribution in [2.75, 3.05) is 6.54 Å². The molecule has 1 heterocycles. The third kappa shape index (κ3) is 5.79. The van der Waals surface area contributed by atoms with Gasteiger partial charge in [0, 0.05) is 12.1 Å². The van der Waals surface area contributed by atoms with Crippen molar-refractivity contribution in [1.82, 2.24) is 15.1 Å². The Labute approximate surface area is 197 Å². The van der Waals surface area contributed by atoms with Crippen molar-refractivity contribution in [2.24, 2.45) is 0 Å². The molecule has 1 amide bonds. The predicted molar refractivity (Wildman–Crippen MR) is 127 cm³/mol. The average molecular weight is 462 g/mol. The molecule has 0 bridgehead atoms. The zero-order valence-electron chi connectivity index (χ0n) is 18.3. The largest absolute Gasteiger partial charge is 0.489 e. The molecule has 0 spiro atoms. The molecule has 33 heavy (non-hydrogen) atoms. The summed E-state index contributed by atoms with van der Waals surface area (Å²) < 4.78 is 11.7. The van der Waals surface area contributed by atoms with Gasteiger partial charge >= 0.3 is 0 Å². The number of ether oxygens (including phenoxy) is 1. The summed E-state index contributed by atoms with van der Waals surface area (Å²) >= 11 is 6.23. The highest BCUT2D eigenvalue weighted by Gasteiger charge is 2.20.